The van der Waals surface area contributed by atoms with E-state index in [2.05, 4.69) is 15.3 Å². The molecule has 2 N–H and O–H groups in total. The Hall–Kier alpha value is -0.830. The molecular weight excluding hydrogens is 198 g/mol. The Morgan fingerprint density at radius 2 is 1.94 bits per heavy atom. The smallest absolute Gasteiger partial charge is 0.109 e. The lowest BCUT2D eigenvalue weighted by atomic mass is 9.89. The van der Waals surface area contributed by atoms with Crippen LogP contribution in [0.15, 0.2) is 6.20 Å². The summed E-state index contributed by atoms with van der Waals surface area (Å²) < 4.78 is 0. The highest BCUT2D eigenvalue weighted by molar-refractivity contribution is 5.11. The molecule has 3 rings (SSSR count). The molecule has 1 saturated carbocycles. The Balaban J connectivity index is 1.71. The first-order valence-electron chi connectivity index (χ1n) is 6.71. The van der Waals surface area contributed by atoms with E-state index in [-0.39, 0.29) is 0 Å². The van der Waals surface area contributed by atoms with Crippen LogP contribution in [0.4, 0.5) is 0 Å². The van der Waals surface area contributed by atoms with Crippen molar-refractivity contribution in [3.8, 4) is 0 Å². The van der Waals surface area contributed by atoms with Crippen LogP contribution in [0, 0.1) is 0 Å². The minimum atomic E-state index is 0.532. The van der Waals surface area contributed by atoms with Gasteiger partial charge in [-0.15, -0.1) is 0 Å². The summed E-state index contributed by atoms with van der Waals surface area (Å²) in [5, 5.41) is 3.52. The summed E-state index contributed by atoms with van der Waals surface area (Å²) in [4.78, 5) is 8.14. The third-order valence-corrected chi connectivity index (χ3v) is 4.04. The van der Waals surface area contributed by atoms with E-state index < -0.39 is 0 Å². The van der Waals surface area contributed by atoms with Gasteiger partial charge in [-0.25, -0.2) is 4.98 Å². The molecule has 0 amide bonds. The van der Waals surface area contributed by atoms with Crippen LogP contribution in [0.5, 0.6) is 0 Å². The number of hydrogen-bond acceptors (Lipinski definition) is 2. The lowest BCUT2D eigenvalue weighted by molar-refractivity contribution is 0.430. The van der Waals surface area contributed by atoms with E-state index in [0.29, 0.717) is 12.0 Å². The van der Waals surface area contributed by atoms with Crippen LogP contribution >= 0.6 is 0 Å². The van der Waals surface area contributed by atoms with Crippen molar-refractivity contribution in [3.05, 3.63) is 17.7 Å². The summed E-state index contributed by atoms with van der Waals surface area (Å²) in [5.41, 5.74) is 1.30. The van der Waals surface area contributed by atoms with Gasteiger partial charge < -0.3 is 10.3 Å². The minimum absolute atomic E-state index is 0.532. The predicted molar refractivity (Wildman–Crippen MR) is 64.4 cm³/mol. The van der Waals surface area contributed by atoms with Crippen molar-refractivity contribution in [2.75, 3.05) is 6.54 Å². The van der Waals surface area contributed by atoms with E-state index in [1.807, 2.05) is 6.20 Å². The van der Waals surface area contributed by atoms with Gasteiger partial charge in [-0.2, -0.15) is 0 Å². The van der Waals surface area contributed by atoms with Crippen LogP contribution in [0.2, 0.25) is 0 Å². The molecule has 1 unspecified atom stereocenters. The molecule has 2 aliphatic rings. The summed E-state index contributed by atoms with van der Waals surface area (Å²) in [5.74, 6) is 1.94. The molecule has 1 aromatic rings. The first kappa shape index (κ1) is 10.3. The number of aromatic nitrogens is 2. The summed E-state index contributed by atoms with van der Waals surface area (Å²) in [6.07, 6.45) is 11.4. The number of rotatable bonds is 2. The molecule has 0 radical (unpaired) electrons. The van der Waals surface area contributed by atoms with Crippen LogP contribution in [0.1, 0.15) is 68.4 Å². The Kier molecular flexibility index (Phi) is 2.96. The van der Waals surface area contributed by atoms with Gasteiger partial charge in [0.05, 0.1) is 5.69 Å². The largest absolute Gasteiger partial charge is 0.344 e. The maximum Gasteiger partial charge on any atom is 0.109 e. The average Bonchev–Trinajstić information content (AvgIpc) is 3.01. The molecule has 1 aliphatic carbocycles. The molecule has 3 heteroatoms. The van der Waals surface area contributed by atoms with Crippen molar-refractivity contribution in [2.45, 2.75) is 56.9 Å². The SMILES string of the molecule is c1nc(C2CCCCC2)[nH]c1C1CCCN1. The average molecular weight is 219 g/mol. The fourth-order valence-corrected chi connectivity index (χ4v) is 3.06. The molecule has 88 valence electrons. The van der Waals surface area contributed by atoms with Gasteiger partial charge in [0.2, 0.25) is 0 Å². The van der Waals surface area contributed by atoms with Gasteiger partial charge in [0.25, 0.3) is 0 Å². The molecule has 1 atom stereocenters. The first-order valence-corrected chi connectivity index (χ1v) is 6.71. The lowest BCUT2D eigenvalue weighted by Gasteiger charge is -2.19. The summed E-state index contributed by atoms with van der Waals surface area (Å²) >= 11 is 0. The van der Waals surface area contributed by atoms with Crippen molar-refractivity contribution in [3.63, 3.8) is 0 Å². The molecule has 0 bridgehead atoms. The maximum atomic E-state index is 4.59. The fraction of sp³-hybridized carbons (Fsp3) is 0.769. The van der Waals surface area contributed by atoms with Crippen molar-refractivity contribution in [2.24, 2.45) is 0 Å². The van der Waals surface area contributed by atoms with Gasteiger partial charge in [-0.05, 0) is 32.2 Å². The third kappa shape index (κ3) is 2.01. The third-order valence-electron chi connectivity index (χ3n) is 4.04. The number of H-pyrrole nitrogens is 1. The van der Waals surface area contributed by atoms with Gasteiger partial charge in [0, 0.05) is 18.2 Å². The zero-order valence-corrected chi connectivity index (χ0v) is 9.84. The highest BCUT2D eigenvalue weighted by atomic mass is 15.0. The van der Waals surface area contributed by atoms with Gasteiger partial charge >= 0.3 is 0 Å². The van der Waals surface area contributed by atoms with Crippen LogP contribution in [0.3, 0.4) is 0 Å². The van der Waals surface area contributed by atoms with Crippen LogP contribution in [-0.4, -0.2) is 16.5 Å². The second-order valence-corrected chi connectivity index (χ2v) is 5.21. The normalized spacial score (nSPS) is 27.4. The molecule has 2 heterocycles. The first-order chi connectivity index (χ1) is 7.93. The minimum Gasteiger partial charge on any atom is -0.344 e. The van der Waals surface area contributed by atoms with Crippen molar-refractivity contribution in [1.82, 2.24) is 15.3 Å². The quantitative estimate of drug-likeness (QED) is 0.803. The molecule has 1 aliphatic heterocycles. The van der Waals surface area contributed by atoms with Crippen molar-refractivity contribution < 1.29 is 0 Å². The van der Waals surface area contributed by atoms with E-state index in [1.165, 1.54) is 56.5 Å². The highest BCUT2D eigenvalue weighted by Crippen LogP contribution is 2.32. The van der Waals surface area contributed by atoms with Crippen molar-refractivity contribution in [1.29, 1.82) is 0 Å². The second kappa shape index (κ2) is 4.58. The molecule has 1 saturated heterocycles. The zero-order chi connectivity index (χ0) is 10.8. The van der Waals surface area contributed by atoms with Gasteiger partial charge in [-0.3, -0.25) is 0 Å². The molecule has 3 nitrogen and oxygen atoms in total. The molecule has 0 spiro atoms. The van der Waals surface area contributed by atoms with E-state index in [9.17, 15) is 0 Å². The Morgan fingerprint density at radius 3 is 2.69 bits per heavy atom. The number of nitrogens with one attached hydrogen (secondary N) is 2. The fourth-order valence-electron chi connectivity index (χ4n) is 3.06. The van der Waals surface area contributed by atoms with E-state index in [4.69, 9.17) is 0 Å². The molecular formula is C13H21N3. The molecule has 0 aromatic carbocycles. The molecule has 2 fully saturated rings. The summed E-state index contributed by atoms with van der Waals surface area (Å²) in [6.45, 7) is 1.16. The monoisotopic (exact) mass is 219 g/mol. The number of aromatic amines is 1. The van der Waals surface area contributed by atoms with Crippen LogP contribution < -0.4 is 5.32 Å². The topological polar surface area (TPSA) is 40.7 Å². The number of nitrogens with zero attached hydrogens (tertiary/aromatic N) is 1. The molecule has 16 heavy (non-hydrogen) atoms. The van der Waals surface area contributed by atoms with Crippen molar-refractivity contribution >= 4 is 0 Å². The van der Waals surface area contributed by atoms with Gasteiger partial charge in [0.15, 0.2) is 0 Å². The molecule has 1 aromatic heterocycles. The Bertz CT molecular complexity index is 333. The summed E-state index contributed by atoms with van der Waals surface area (Å²) in [6, 6.07) is 0.532. The Labute approximate surface area is 97.0 Å². The highest BCUT2D eigenvalue weighted by Gasteiger charge is 2.22. The predicted octanol–water partition coefficient (Wildman–Crippen LogP) is 2.88. The Morgan fingerprint density at radius 1 is 1.06 bits per heavy atom. The second-order valence-electron chi connectivity index (χ2n) is 5.21. The number of hydrogen-bond donors (Lipinski definition) is 2. The zero-order valence-electron chi connectivity index (χ0n) is 9.84. The van der Waals surface area contributed by atoms with Gasteiger partial charge in [0.1, 0.15) is 5.82 Å². The van der Waals surface area contributed by atoms with E-state index >= 15 is 0 Å². The summed E-state index contributed by atoms with van der Waals surface area (Å²) in [7, 11) is 0. The van der Waals surface area contributed by atoms with Crippen LogP contribution in [-0.2, 0) is 0 Å². The standard InChI is InChI=1S/C13H21N3/c1-2-5-10(6-3-1)13-15-9-12(16-13)11-7-4-8-14-11/h9-11,14H,1-8H2,(H,15,16). The van der Waals surface area contributed by atoms with E-state index in [1.54, 1.807) is 0 Å². The lowest BCUT2D eigenvalue weighted by Crippen LogP contribution is -2.13. The van der Waals surface area contributed by atoms with Gasteiger partial charge in [-0.1, -0.05) is 19.3 Å². The number of imidazole rings is 1. The van der Waals surface area contributed by atoms with E-state index in [0.717, 1.165) is 6.54 Å². The maximum absolute atomic E-state index is 4.59. The van der Waals surface area contributed by atoms with Crippen LogP contribution in [0.25, 0.3) is 0 Å².